The van der Waals surface area contributed by atoms with E-state index in [-0.39, 0.29) is 16.8 Å². The molecule has 1 aromatic carbocycles. The number of likely N-dealkylation sites (N-methyl/N-ethyl adjacent to an activating group) is 1. The summed E-state index contributed by atoms with van der Waals surface area (Å²) < 4.78 is 0. The van der Waals surface area contributed by atoms with Crippen molar-refractivity contribution in [2.45, 2.75) is 19.5 Å². The van der Waals surface area contributed by atoms with Crippen LogP contribution >= 0.6 is 11.3 Å². The molecule has 5 nitrogen and oxygen atoms in total. The van der Waals surface area contributed by atoms with E-state index in [9.17, 15) is 9.59 Å². The molecule has 0 spiro atoms. The summed E-state index contributed by atoms with van der Waals surface area (Å²) in [6, 6.07) is 10.8. The van der Waals surface area contributed by atoms with Crippen molar-refractivity contribution in [1.82, 2.24) is 10.2 Å². The van der Waals surface area contributed by atoms with Crippen molar-refractivity contribution in [2.24, 2.45) is 0 Å². The predicted molar refractivity (Wildman–Crippen MR) is 90.7 cm³/mol. The molecule has 6 heteroatoms. The molecule has 1 atom stereocenters. The summed E-state index contributed by atoms with van der Waals surface area (Å²) >= 11 is 1.17. The summed E-state index contributed by atoms with van der Waals surface area (Å²) in [6.07, 6.45) is 0. The van der Waals surface area contributed by atoms with E-state index in [0.717, 1.165) is 16.0 Å². The number of hydrogen-bond acceptors (Lipinski definition) is 4. The van der Waals surface area contributed by atoms with Gasteiger partial charge in [0.25, 0.3) is 0 Å². The van der Waals surface area contributed by atoms with Crippen molar-refractivity contribution in [2.75, 3.05) is 14.1 Å². The second-order valence-electron chi connectivity index (χ2n) is 5.57. The van der Waals surface area contributed by atoms with E-state index in [1.54, 1.807) is 12.1 Å². The summed E-state index contributed by atoms with van der Waals surface area (Å²) in [5, 5.41) is 11.8. The first-order valence-corrected chi connectivity index (χ1v) is 8.03. The monoisotopic (exact) mass is 332 g/mol. The van der Waals surface area contributed by atoms with Crippen LogP contribution in [0.15, 0.2) is 36.4 Å². The number of nitrogens with zero attached hydrogens (tertiary/aromatic N) is 1. The Morgan fingerprint density at radius 2 is 2.00 bits per heavy atom. The Bertz CT molecular complexity index is 709. The van der Waals surface area contributed by atoms with Gasteiger partial charge in [-0.3, -0.25) is 9.69 Å². The number of carboxylic acids is 1. The number of benzene rings is 1. The van der Waals surface area contributed by atoms with Crippen LogP contribution in [0, 0.1) is 6.92 Å². The van der Waals surface area contributed by atoms with Crippen LogP contribution in [0.2, 0.25) is 0 Å². The number of carbonyl (C=O) groups excluding carboxylic acids is 1. The maximum absolute atomic E-state index is 12.5. The zero-order valence-corrected chi connectivity index (χ0v) is 14.2. The molecule has 1 unspecified atom stereocenters. The summed E-state index contributed by atoms with van der Waals surface area (Å²) in [5.41, 5.74) is 2.04. The maximum Gasteiger partial charge on any atom is 0.345 e. The highest BCUT2D eigenvalue weighted by Crippen LogP contribution is 2.21. The molecular formula is C17H20N2O3S. The molecule has 0 aliphatic heterocycles. The van der Waals surface area contributed by atoms with Crippen molar-refractivity contribution in [3.05, 3.63) is 57.3 Å². The lowest BCUT2D eigenvalue weighted by atomic mass is 10.0. The Balaban J connectivity index is 2.08. The lowest BCUT2D eigenvalue weighted by Crippen LogP contribution is -2.36. The van der Waals surface area contributed by atoms with Gasteiger partial charge in [0.15, 0.2) is 0 Å². The molecule has 0 saturated heterocycles. The molecule has 0 fully saturated rings. The van der Waals surface area contributed by atoms with Gasteiger partial charge in [-0.1, -0.05) is 29.8 Å². The lowest BCUT2D eigenvalue weighted by Gasteiger charge is -2.24. The highest BCUT2D eigenvalue weighted by atomic mass is 32.1. The summed E-state index contributed by atoms with van der Waals surface area (Å²) in [4.78, 5) is 26.4. The largest absolute Gasteiger partial charge is 0.477 e. The van der Waals surface area contributed by atoms with E-state index in [0.29, 0.717) is 6.54 Å². The fourth-order valence-corrected chi connectivity index (χ4v) is 3.17. The van der Waals surface area contributed by atoms with Gasteiger partial charge in [-0.2, -0.15) is 0 Å². The first-order valence-electron chi connectivity index (χ1n) is 7.21. The van der Waals surface area contributed by atoms with E-state index in [2.05, 4.69) is 5.32 Å². The van der Waals surface area contributed by atoms with Gasteiger partial charge >= 0.3 is 5.97 Å². The van der Waals surface area contributed by atoms with Gasteiger partial charge in [-0.05, 0) is 38.7 Å². The van der Waals surface area contributed by atoms with Gasteiger partial charge in [0, 0.05) is 4.88 Å². The van der Waals surface area contributed by atoms with Gasteiger partial charge in [0.1, 0.15) is 10.9 Å². The zero-order chi connectivity index (χ0) is 17.0. The van der Waals surface area contributed by atoms with Gasteiger partial charge < -0.3 is 10.4 Å². The highest BCUT2D eigenvalue weighted by Gasteiger charge is 2.22. The van der Waals surface area contributed by atoms with Gasteiger partial charge in [-0.25, -0.2) is 4.79 Å². The first-order chi connectivity index (χ1) is 10.9. The van der Waals surface area contributed by atoms with Crippen molar-refractivity contribution in [3.63, 3.8) is 0 Å². The smallest absolute Gasteiger partial charge is 0.345 e. The topological polar surface area (TPSA) is 69.6 Å². The number of carboxylic acid groups (broad SMARTS) is 1. The van der Waals surface area contributed by atoms with Crippen LogP contribution in [0.25, 0.3) is 0 Å². The van der Waals surface area contributed by atoms with Gasteiger partial charge in [0.2, 0.25) is 5.91 Å². The van der Waals surface area contributed by atoms with Crippen LogP contribution in [0.3, 0.4) is 0 Å². The van der Waals surface area contributed by atoms with Crippen molar-refractivity contribution >= 4 is 23.2 Å². The first kappa shape index (κ1) is 17.2. The van der Waals surface area contributed by atoms with Crippen LogP contribution in [0.4, 0.5) is 0 Å². The van der Waals surface area contributed by atoms with E-state index in [1.165, 1.54) is 11.3 Å². The van der Waals surface area contributed by atoms with Crippen LogP contribution in [-0.4, -0.2) is 36.0 Å². The Labute approximate surface area is 139 Å². The number of hydrogen-bond donors (Lipinski definition) is 2. The summed E-state index contributed by atoms with van der Waals surface area (Å²) in [7, 11) is 3.72. The molecule has 0 bridgehead atoms. The minimum atomic E-state index is -0.946. The Morgan fingerprint density at radius 3 is 2.57 bits per heavy atom. The Kier molecular flexibility index (Phi) is 5.52. The second-order valence-corrected chi connectivity index (χ2v) is 6.74. The quantitative estimate of drug-likeness (QED) is 0.853. The minimum absolute atomic E-state index is 0.106. The number of amides is 1. The molecule has 23 heavy (non-hydrogen) atoms. The lowest BCUT2D eigenvalue weighted by molar-refractivity contribution is -0.125. The zero-order valence-electron chi connectivity index (χ0n) is 13.4. The molecule has 0 aliphatic rings. The summed E-state index contributed by atoms with van der Waals surface area (Å²) in [5.74, 6) is -1.05. The molecule has 1 amide bonds. The molecule has 2 N–H and O–H groups in total. The average Bonchev–Trinajstić information content (AvgIpc) is 2.94. The average molecular weight is 332 g/mol. The van der Waals surface area contributed by atoms with E-state index in [4.69, 9.17) is 5.11 Å². The molecular weight excluding hydrogens is 312 g/mol. The fourth-order valence-electron chi connectivity index (χ4n) is 2.38. The Hall–Kier alpha value is -2.18. The van der Waals surface area contributed by atoms with Crippen LogP contribution < -0.4 is 5.32 Å². The van der Waals surface area contributed by atoms with Crippen LogP contribution in [-0.2, 0) is 11.3 Å². The minimum Gasteiger partial charge on any atom is -0.477 e. The third-order valence-electron chi connectivity index (χ3n) is 3.43. The molecule has 2 aromatic rings. The molecule has 122 valence electrons. The molecule has 1 heterocycles. The number of nitrogens with one attached hydrogen (secondary N) is 1. The number of thiophene rings is 1. The van der Waals surface area contributed by atoms with Gasteiger partial charge in [-0.15, -0.1) is 11.3 Å². The highest BCUT2D eigenvalue weighted by molar-refractivity contribution is 7.13. The SMILES string of the molecule is Cc1cccc(C(C(=O)NCc2ccc(C(=O)O)s2)N(C)C)c1. The van der Waals surface area contributed by atoms with E-state index in [1.807, 2.05) is 50.2 Å². The molecule has 0 aliphatic carbocycles. The van der Waals surface area contributed by atoms with Crippen molar-refractivity contribution in [1.29, 1.82) is 0 Å². The molecule has 2 rings (SSSR count). The number of aromatic carboxylic acids is 1. The van der Waals surface area contributed by atoms with Crippen LogP contribution in [0.1, 0.15) is 31.7 Å². The number of rotatable bonds is 6. The Morgan fingerprint density at radius 1 is 1.26 bits per heavy atom. The molecule has 0 radical (unpaired) electrons. The van der Waals surface area contributed by atoms with Gasteiger partial charge in [0.05, 0.1) is 6.54 Å². The normalized spacial score (nSPS) is 12.2. The summed E-state index contributed by atoms with van der Waals surface area (Å²) in [6.45, 7) is 2.32. The van der Waals surface area contributed by atoms with Crippen molar-refractivity contribution < 1.29 is 14.7 Å². The molecule has 1 aromatic heterocycles. The number of aryl methyl sites for hydroxylation is 1. The van der Waals surface area contributed by atoms with Crippen LogP contribution in [0.5, 0.6) is 0 Å². The standard InChI is InChI=1S/C17H20N2O3S/c1-11-5-4-6-12(9-11)15(19(2)3)16(20)18-10-13-7-8-14(23-13)17(21)22/h4-9,15H,10H2,1-3H3,(H,18,20)(H,21,22). The predicted octanol–water partition coefficient (Wildman–Crippen LogP) is 2.67. The second kappa shape index (κ2) is 7.39. The third-order valence-corrected chi connectivity index (χ3v) is 4.51. The number of carbonyl (C=O) groups is 2. The van der Waals surface area contributed by atoms with Crippen molar-refractivity contribution in [3.8, 4) is 0 Å². The molecule has 0 saturated carbocycles. The fraction of sp³-hybridized carbons (Fsp3) is 0.294. The van der Waals surface area contributed by atoms with E-state index >= 15 is 0 Å². The van der Waals surface area contributed by atoms with E-state index < -0.39 is 5.97 Å². The maximum atomic E-state index is 12.5. The third kappa shape index (κ3) is 4.40.